The molecular formula is C14H16INO. The molecule has 1 aromatic carbocycles. The second kappa shape index (κ2) is 5.67. The van der Waals surface area contributed by atoms with Crippen molar-refractivity contribution in [1.29, 1.82) is 0 Å². The van der Waals surface area contributed by atoms with E-state index < -0.39 is 0 Å². The molecule has 1 fully saturated rings. The lowest BCUT2D eigenvalue weighted by molar-refractivity contribution is -0.119. The Bertz CT molecular complexity index is 436. The summed E-state index contributed by atoms with van der Waals surface area (Å²) in [6.45, 7) is 2.01. The van der Waals surface area contributed by atoms with Gasteiger partial charge in [0, 0.05) is 26.9 Å². The first kappa shape index (κ1) is 12.6. The summed E-state index contributed by atoms with van der Waals surface area (Å²) in [7, 11) is 0. The molecule has 1 aliphatic carbocycles. The van der Waals surface area contributed by atoms with Gasteiger partial charge in [0.1, 0.15) is 0 Å². The summed E-state index contributed by atoms with van der Waals surface area (Å²) in [5.74, 6) is 0.489. The molecular weight excluding hydrogens is 325 g/mol. The van der Waals surface area contributed by atoms with Gasteiger partial charge in [0.15, 0.2) is 5.78 Å². The lowest BCUT2D eigenvalue weighted by atomic mass is 9.86. The molecule has 2 rings (SSSR count). The molecule has 0 amide bonds. The Balaban J connectivity index is 2.04. The van der Waals surface area contributed by atoms with Crippen LogP contribution in [-0.4, -0.2) is 5.78 Å². The summed E-state index contributed by atoms with van der Waals surface area (Å²) in [5, 5.41) is 3.21. The van der Waals surface area contributed by atoms with Crippen LogP contribution in [0.15, 0.2) is 36.0 Å². The molecule has 0 aromatic heterocycles. The molecule has 17 heavy (non-hydrogen) atoms. The van der Waals surface area contributed by atoms with Gasteiger partial charge in [0.05, 0.1) is 0 Å². The molecule has 0 radical (unpaired) electrons. The fourth-order valence-electron chi connectivity index (χ4n) is 2.03. The van der Waals surface area contributed by atoms with Crippen molar-refractivity contribution in [3.05, 3.63) is 39.6 Å². The fraction of sp³-hybridized carbons (Fsp3) is 0.357. The predicted octanol–water partition coefficient (Wildman–Crippen LogP) is 3.98. The van der Waals surface area contributed by atoms with Crippen molar-refractivity contribution in [1.82, 2.24) is 0 Å². The van der Waals surface area contributed by atoms with E-state index in [4.69, 9.17) is 0 Å². The van der Waals surface area contributed by atoms with Gasteiger partial charge in [-0.2, -0.15) is 0 Å². The van der Waals surface area contributed by atoms with Crippen LogP contribution < -0.4 is 5.32 Å². The van der Waals surface area contributed by atoms with Crippen LogP contribution in [0.4, 0.5) is 5.69 Å². The van der Waals surface area contributed by atoms with Crippen LogP contribution in [0.3, 0.4) is 0 Å². The SMILES string of the molecule is C[C@H]1CCC/C(=C/Nc2ccc(I)cc2)C1=O. The Kier molecular flexibility index (Phi) is 4.20. The average Bonchev–Trinajstić information content (AvgIpc) is 2.33. The van der Waals surface area contributed by atoms with E-state index in [0.717, 1.165) is 30.5 Å². The van der Waals surface area contributed by atoms with E-state index in [9.17, 15) is 4.79 Å². The molecule has 1 atom stereocenters. The van der Waals surface area contributed by atoms with Crippen LogP contribution in [0.1, 0.15) is 26.2 Å². The molecule has 0 heterocycles. The first-order chi connectivity index (χ1) is 8.16. The maximum atomic E-state index is 11.9. The first-order valence-corrected chi connectivity index (χ1v) is 7.00. The van der Waals surface area contributed by atoms with Gasteiger partial charge in [-0.3, -0.25) is 4.79 Å². The first-order valence-electron chi connectivity index (χ1n) is 5.92. The summed E-state index contributed by atoms with van der Waals surface area (Å²) in [4.78, 5) is 11.9. The van der Waals surface area contributed by atoms with Crippen LogP contribution in [0.5, 0.6) is 0 Å². The molecule has 3 heteroatoms. The highest BCUT2D eigenvalue weighted by Gasteiger charge is 2.22. The average molecular weight is 341 g/mol. The normalized spacial score (nSPS) is 22.8. The quantitative estimate of drug-likeness (QED) is 0.651. The van der Waals surface area contributed by atoms with Crippen molar-refractivity contribution in [3.63, 3.8) is 0 Å². The molecule has 0 unspecified atom stereocenters. The number of allylic oxidation sites excluding steroid dienone is 1. The minimum Gasteiger partial charge on any atom is -0.361 e. The number of hydrogen-bond donors (Lipinski definition) is 1. The Morgan fingerprint density at radius 2 is 2.06 bits per heavy atom. The topological polar surface area (TPSA) is 29.1 Å². The van der Waals surface area contributed by atoms with Gasteiger partial charge < -0.3 is 5.32 Å². The number of carbonyl (C=O) groups is 1. The number of ketones is 1. The number of nitrogens with one attached hydrogen (secondary N) is 1. The van der Waals surface area contributed by atoms with E-state index in [-0.39, 0.29) is 5.92 Å². The summed E-state index contributed by atoms with van der Waals surface area (Å²) in [6.07, 6.45) is 4.92. The van der Waals surface area contributed by atoms with Gasteiger partial charge in [-0.05, 0) is 66.1 Å². The number of carbonyl (C=O) groups excluding carboxylic acids is 1. The van der Waals surface area contributed by atoms with Crippen LogP contribution in [0.2, 0.25) is 0 Å². The number of Topliss-reactive ketones (excluding diaryl/α,β-unsaturated/α-hetero) is 1. The lowest BCUT2D eigenvalue weighted by Gasteiger charge is -2.19. The van der Waals surface area contributed by atoms with E-state index in [0.29, 0.717) is 5.78 Å². The van der Waals surface area contributed by atoms with Gasteiger partial charge in [0.2, 0.25) is 0 Å². The third kappa shape index (κ3) is 3.31. The Hall–Kier alpha value is -0.840. The summed E-state index contributed by atoms with van der Waals surface area (Å²) >= 11 is 2.28. The van der Waals surface area contributed by atoms with E-state index >= 15 is 0 Å². The predicted molar refractivity (Wildman–Crippen MR) is 78.9 cm³/mol. The standard InChI is InChI=1S/C14H16INO/c1-10-3-2-4-11(14(10)17)9-16-13-7-5-12(15)6-8-13/h5-10,16H,2-4H2,1H3/b11-9-/t10-/m0/s1. The Morgan fingerprint density at radius 1 is 1.35 bits per heavy atom. The summed E-state index contributed by atoms with van der Waals surface area (Å²) in [5.41, 5.74) is 1.96. The zero-order valence-corrected chi connectivity index (χ0v) is 12.0. The fourth-order valence-corrected chi connectivity index (χ4v) is 2.39. The summed E-state index contributed by atoms with van der Waals surface area (Å²) in [6, 6.07) is 8.14. The van der Waals surface area contributed by atoms with Gasteiger partial charge in [-0.1, -0.05) is 6.92 Å². The number of hydrogen-bond acceptors (Lipinski definition) is 2. The monoisotopic (exact) mass is 341 g/mol. The molecule has 0 bridgehead atoms. The molecule has 0 saturated heterocycles. The van der Waals surface area contributed by atoms with E-state index in [2.05, 4.69) is 27.9 Å². The smallest absolute Gasteiger partial charge is 0.163 e. The zero-order valence-electron chi connectivity index (χ0n) is 9.87. The zero-order chi connectivity index (χ0) is 12.3. The molecule has 0 aliphatic heterocycles. The van der Waals surface area contributed by atoms with Gasteiger partial charge in [0.25, 0.3) is 0 Å². The van der Waals surface area contributed by atoms with Crippen LogP contribution in [-0.2, 0) is 4.79 Å². The maximum absolute atomic E-state index is 11.9. The van der Waals surface area contributed by atoms with Crippen LogP contribution in [0, 0.1) is 9.49 Å². The highest BCUT2D eigenvalue weighted by Crippen LogP contribution is 2.24. The molecule has 1 saturated carbocycles. The maximum Gasteiger partial charge on any atom is 0.163 e. The highest BCUT2D eigenvalue weighted by molar-refractivity contribution is 14.1. The Morgan fingerprint density at radius 3 is 2.76 bits per heavy atom. The number of rotatable bonds is 2. The molecule has 1 aromatic rings. The third-order valence-corrected chi connectivity index (χ3v) is 3.82. The highest BCUT2D eigenvalue weighted by atomic mass is 127. The van der Waals surface area contributed by atoms with Crippen molar-refractivity contribution in [2.75, 3.05) is 5.32 Å². The van der Waals surface area contributed by atoms with Crippen LogP contribution >= 0.6 is 22.6 Å². The van der Waals surface area contributed by atoms with E-state index in [1.54, 1.807) is 0 Å². The second-order valence-electron chi connectivity index (χ2n) is 4.48. The van der Waals surface area contributed by atoms with Gasteiger partial charge in [-0.25, -0.2) is 0 Å². The van der Waals surface area contributed by atoms with Crippen LogP contribution in [0.25, 0.3) is 0 Å². The molecule has 0 spiro atoms. The van der Waals surface area contributed by atoms with Crippen molar-refractivity contribution in [2.24, 2.45) is 5.92 Å². The van der Waals surface area contributed by atoms with Gasteiger partial charge in [-0.15, -0.1) is 0 Å². The summed E-state index contributed by atoms with van der Waals surface area (Å²) < 4.78 is 1.21. The van der Waals surface area contributed by atoms with Crippen molar-refractivity contribution in [2.45, 2.75) is 26.2 Å². The minimum atomic E-state index is 0.188. The molecule has 2 nitrogen and oxygen atoms in total. The van der Waals surface area contributed by atoms with Crippen molar-refractivity contribution < 1.29 is 4.79 Å². The number of benzene rings is 1. The number of halogens is 1. The number of anilines is 1. The van der Waals surface area contributed by atoms with E-state index in [1.807, 2.05) is 37.4 Å². The van der Waals surface area contributed by atoms with Crippen molar-refractivity contribution >= 4 is 34.1 Å². The molecule has 90 valence electrons. The second-order valence-corrected chi connectivity index (χ2v) is 5.72. The van der Waals surface area contributed by atoms with E-state index in [1.165, 1.54) is 3.57 Å². The largest absolute Gasteiger partial charge is 0.361 e. The lowest BCUT2D eigenvalue weighted by Crippen LogP contribution is -2.19. The Labute approximate surface area is 116 Å². The van der Waals surface area contributed by atoms with Crippen molar-refractivity contribution in [3.8, 4) is 0 Å². The molecule has 1 N–H and O–H groups in total. The molecule has 1 aliphatic rings. The third-order valence-electron chi connectivity index (χ3n) is 3.10. The minimum absolute atomic E-state index is 0.188. The van der Waals surface area contributed by atoms with Gasteiger partial charge >= 0.3 is 0 Å².